The molecule has 1 heterocycles. The monoisotopic (exact) mass is 247 g/mol. The number of nitro groups is 1. The Kier molecular flexibility index (Phi) is 3.69. The summed E-state index contributed by atoms with van der Waals surface area (Å²) in [7, 11) is 0. The molecule has 1 N–H and O–H groups in total. The van der Waals surface area contributed by atoms with Crippen molar-refractivity contribution in [2.45, 2.75) is 20.0 Å². The summed E-state index contributed by atoms with van der Waals surface area (Å²) in [4.78, 5) is 10.4. The van der Waals surface area contributed by atoms with Gasteiger partial charge in [0.15, 0.2) is 0 Å². The summed E-state index contributed by atoms with van der Waals surface area (Å²) < 4.78 is 4.71. The largest absolute Gasteiger partial charge is 0.364 e. The first-order chi connectivity index (χ1) is 8.68. The number of hydrogen-bond donors (Lipinski definition) is 1. The van der Waals surface area contributed by atoms with E-state index in [-0.39, 0.29) is 10.6 Å². The molecule has 0 saturated heterocycles. The highest BCUT2D eigenvalue weighted by Crippen LogP contribution is 2.20. The number of nitrogens with one attached hydrogen (secondary N) is 1. The molecule has 1 aromatic carbocycles. The van der Waals surface area contributed by atoms with E-state index in [0.717, 1.165) is 11.3 Å². The Labute approximate surface area is 104 Å². The number of rotatable bonds is 5. The number of aromatic nitrogens is 1. The maximum atomic E-state index is 10.8. The molecule has 0 aliphatic carbocycles. The Morgan fingerprint density at radius 1 is 1.39 bits per heavy atom. The van der Waals surface area contributed by atoms with Gasteiger partial charge in [0, 0.05) is 30.8 Å². The van der Waals surface area contributed by atoms with E-state index in [1.165, 1.54) is 12.3 Å². The second-order valence-corrected chi connectivity index (χ2v) is 3.91. The fourth-order valence-electron chi connectivity index (χ4n) is 1.71. The first kappa shape index (κ1) is 12.3. The molecule has 0 aliphatic heterocycles. The molecule has 0 amide bonds. The Morgan fingerprint density at radius 2 is 2.22 bits per heavy atom. The lowest BCUT2D eigenvalue weighted by Gasteiger charge is -2.06. The van der Waals surface area contributed by atoms with Crippen LogP contribution >= 0.6 is 0 Å². The van der Waals surface area contributed by atoms with Crippen molar-refractivity contribution in [3.05, 3.63) is 57.5 Å². The highest BCUT2D eigenvalue weighted by molar-refractivity contribution is 5.44. The Hall–Kier alpha value is -2.21. The summed E-state index contributed by atoms with van der Waals surface area (Å²) in [6, 6.07) is 6.85. The molecular formula is C12H13N3O3. The van der Waals surface area contributed by atoms with Gasteiger partial charge in [-0.1, -0.05) is 17.3 Å². The van der Waals surface area contributed by atoms with Gasteiger partial charge in [0.25, 0.3) is 5.69 Å². The Balaban J connectivity index is 2.01. The predicted molar refractivity (Wildman–Crippen MR) is 64.9 cm³/mol. The number of nitro benzene ring substituents is 1. The van der Waals surface area contributed by atoms with Crippen molar-refractivity contribution < 1.29 is 9.45 Å². The van der Waals surface area contributed by atoms with Gasteiger partial charge in [-0.3, -0.25) is 10.1 Å². The Bertz CT molecular complexity index is 538. The molecule has 0 atom stereocenters. The van der Waals surface area contributed by atoms with Crippen LogP contribution in [-0.2, 0) is 13.1 Å². The zero-order chi connectivity index (χ0) is 13.0. The van der Waals surface area contributed by atoms with Gasteiger partial charge in [-0.2, -0.15) is 0 Å². The van der Waals surface area contributed by atoms with Gasteiger partial charge in [-0.15, -0.1) is 0 Å². The minimum atomic E-state index is -0.365. The van der Waals surface area contributed by atoms with Gasteiger partial charge >= 0.3 is 0 Å². The molecule has 2 rings (SSSR count). The summed E-state index contributed by atoms with van der Waals surface area (Å²) in [6.07, 6.45) is 1.51. The summed E-state index contributed by atoms with van der Waals surface area (Å²) >= 11 is 0. The van der Waals surface area contributed by atoms with Gasteiger partial charge in [0.2, 0.25) is 0 Å². The van der Waals surface area contributed by atoms with Crippen LogP contribution in [0.1, 0.15) is 16.8 Å². The van der Waals surface area contributed by atoms with E-state index in [1.807, 2.05) is 6.07 Å². The molecule has 0 aliphatic rings. The van der Waals surface area contributed by atoms with E-state index in [9.17, 15) is 10.1 Å². The van der Waals surface area contributed by atoms with Crippen molar-refractivity contribution >= 4 is 5.69 Å². The molecule has 6 heteroatoms. The van der Waals surface area contributed by atoms with Gasteiger partial charge in [0.1, 0.15) is 6.26 Å². The molecule has 0 spiro atoms. The van der Waals surface area contributed by atoms with Gasteiger partial charge in [-0.05, 0) is 12.5 Å². The summed E-state index contributed by atoms with van der Waals surface area (Å²) in [5, 5.41) is 17.7. The molecule has 0 radical (unpaired) electrons. The normalized spacial score (nSPS) is 10.5. The second kappa shape index (κ2) is 5.42. The molecule has 94 valence electrons. The third kappa shape index (κ3) is 2.72. The Morgan fingerprint density at radius 3 is 2.89 bits per heavy atom. The highest BCUT2D eigenvalue weighted by atomic mass is 16.6. The SMILES string of the molecule is Cc1c(CNCc2ccon2)cccc1[N+](=O)[O-]. The first-order valence-corrected chi connectivity index (χ1v) is 5.51. The molecule has 2 aromatic rings. The van der Waals surface area contributed by atoms with Crippen LogP contribution in [0.3, 0.4) is 0 Å². The summed E-state index contributed by atoms with van der Waals surface area (Å²) in [6.45, 7) is 2.88. The summed E-state index contributed by atoms with van der Waals surface area (Å²) in [5.74, 6) is 0. The molecule has 1 aromatic heterocycles. The lowest BCUT2D eigenvalue weighted by atomic mass is 10.1. The fourth-order valence-corrected chi connectivity index (χ4v) is 1.71. The van der Waals surface area contributed by atoms with E-state index >= 15 is 0 Å². The lowest BCUT2D eigenvalue weighted by molar-refractivity contribution is -0.385. The molecule has 6 nitrogen and oxygen atoms in total. The third-order valence-electron chi connectivity index (χ3n) is 2.73. The van der Waals surface area contributed by atoms with Gasteiger partial charge in [-0.25, -0.2) is 0 Å². The minimum Gasteiger partial charge on any atom is -0.364 e. The molecule has 0 saturated carbocycles. The van der Waals surface area contributed by atoms with E-state index in [1.54, 1.807) is 19.1 Å². The lowest BCUT2D eigenvalue weighted by Crippen LogP contribution is -2.14. The van der Waals surface area contributed by atoms with Crippen molar-refractivity contribution in [2.24, 2.45) is 0 Å². The molecule has 18 heavy (non-hydrogen) atoms. The average Bonchev–Trinajstić information content (AvgIpc) is 2.84. The van der Waals surface area contributed by atoms with Crippen LogP contribution in [0.25, 0.3) is 0 Å². The first-order valence-electron chi connectivity index (χ1n) is 5.51. The predicted octanol–water partition coefficient (Wildman–Crippen LogP) is 2.18. The maximum Gasteiger partial charge on any atom is 0.272 e. The van der Waals surface area contributed by atoms with Crippen LogP contribution in [0.15, 0.2) is 35.1 Å². The van der Waals surface area contributed by atoms with Crippen LogP contribution in [0.5, 0.6) is 0 Å². The second-order valence-electron chi connectivity index (χ2n) is 3.91. The summed E-state index contributed by atoms with van der Waals surface area (Å²) in [5.41, 5.74) is 2.55. The zero-order valence-electron chi connectivity index (χ0n) is 9.92. The van der Waals surface area contributed by atoms with Gasteiger partial charge < -0.3 is 9.84 Å². The van der Waals surface area contributed by atoms with Crippen LogP contribution in [-0.4, -0.2) is 10.1 Å². The van der Waals surface area contributed by atoms with Crippen LogP contribution in [0.2, 0.25) is 0 Å². The molecule has 0 unspecified atom stereocenters. The van der Waals surface area contributed by atoms with Crippen molar-refractivity contribution in [3.63, 3.8) is 0 Å². The molecular weight excluding hydrogens is 234 g/mol. The van der Waals surface area contributed by atoms with Crippen LogP contribution in [0.4, 0.5) is 5.69 Å². The standard InChI is InChI=1S/C12H13N3O3/c1-9-10(3-2-4-12(9)15(16)17)7-13-8-11-5-6-18-14-11/h2-6,13H,7-8H2,1H3. The third-order valence-corrected chi connectivity index (χ3v) is 2.73. The number of hydrogen-bond acceptors (Lipinski definition) is 5. The van der Waals surface area contributed by atoms with Crippen molar-refractivity contribution in [2.75, 3.05) is 0 Å². The van der Waals surface area contributed by atoms with E-state index in [2.05, 4.69) is 10.5 Å². The van der Waals surface area contributed by atoms with Crippen LogP contribution < -0.4 is 5.32 Å². The zero-order valence-corrected chi connectivity index (χ0v) is 9.92. The fraction of sp³-hybridized carbons (Fsp3) is 0.250. The number of benzene rings is 1. The maximum absolute atomic E-state index is 10.8. The van der Waals surface area contributed by atoms with Crippen molar-refractivity contribution in [1.82, 2.24) is 10.5 Å². The van der Waals surface area contributed by atoms with Crippen molar-refractivity contribution in [1.29, 1.82) is 0 Å². The number of nitrogens with zero attached hydrogens (tertiary/aromatic N) is 2. The van der Waals surface area contributed by atoms with Crippen molar-refractivity contribution in [3.8, 4) is 0 Å². The van der Waals surface area contributed by atoms with E-state index in [0.29, 0.717) is 18.7 Å². The molecule has 0 fully saturated rings. The van der Waals surface area contributed by atoms with Crippen LogP contribution in [0, 0.1) is 17.0 Å². The minimum absolute atomic E-state index is 0.149. The quantitative estimate of drug-likeness (QED) is 0.647. The average molecular weight is 247 g/mol. The van der Waals surface area contributed by atoms with Gasteiger partial charge in [0.05, 0.1) is 10.6 Å². The molecule has 0 bridgehead atoms. The van der Waals surface area contributed by atoms with E-state index < -0.39 is 0 Å². The van der Waals surface area contributed by atoms with E-state index in [4.69, 9.17) is 4.52 Å². The topological polar surface area (TPSA) is 81.2 Å². The smallest absolute Gasteiger partial charge is 0.272 e. The highest BCUT2D eigenvalue weighted by Gasteiger charge is 2.12.